The summed E-state index contributed by atoms with van der Waals surface area (Å²) >= 11 is 0. The second-order valence-corrected chi connectivity index (χ2v) is 7.77. The lowest BCUT2D eigenvalue weighted by Gasteiger charge is -2.51. The molecule has 24 heavy (non-hydrogen) atoms. The summed E-state index contributed by atoms with van der Waals surface area (Å²) in [6.07, 6.45) is 4.87. The zero-order valence-electron chi connectivity index (χ0n) is 14.7. The van der Waals surface area contributed by atoms with E-state index in [2.05, 4.69) is 4.90 Å². The first-order chi connectivity index (χ1) is 11.7. The Balaban J connectivity index is 1.43. The van der Waals surface area contributed by atoms with E-state index < -0.39 is 0 Å². The summed E-state index contributed by atoms with van der Waals surface area (Å²) in [5.41, 5.74) is 2.09. The van der Waals surface area contributed by atoms with E-state index in [4.69, 9.17) is 4.74 Å². The Morgan fingerprint density at radius 3 is 2.67 bits per heavy atom. The van der Waals surface area contributed by atoms with E-state index in [1.807, 2.05) is 36.1 Å². The minimum atomic E-state index is 0.170. The van der Waals surface area contributed by atoms with Crippen molar-refractivity contribution >= 4 is 5.91 Å². The molecule has 2 aliphatic heterocycles. The first-order valence-electron chi connectivity index (χ1n) is 9.36. The first-order valence-corrected chi connectivity index (χ1v) is 9.36. The minimum absolute atomic E-state index is 0.170. The molecule has 130 valence electrons. The molecule has 0 N–H and O–H groups in total. The van der Waals surface area contributed by atoms with Gasteiger partial charge in [-0.1, -0.05) is 18.2 Å². The van der Waals surface area contributed by atoms with Gasteiger partial charge in [0.05, 0.1) is 13.2 Å². The lowest BCUT2D eigenvalue weighted by Crippen LogP contribution is -2.62. The average Bonchev–Trinajstić information content (AvgIpc) is 3.42. The highest BCUT2D eigenvalue weighted by molar-refractivity contribution is 5.95. The molecule has 0 aromatic heterocycles. The van der Waals surface area contributed by atoms with Gasteiger partial charge in [0.15, 0.2) is 0 Å². The highest BCUT2D eigenvalue weighted by atomic mass is 16.5. The fraction of sp³-hybridized carbons (Fsp3) is 0.650. The summed E-state index contributed by atoms with van der Waals surface area (Å²) in [6.45, 7) is 7.70. The van der Waals surface area contributed by atoms with Gasteiger partial charge in [-0.25, -0.2) is 0 Å². The van der Waals surface area contributed by atoms with E-state index in [0.29, 0.717) is 0 Å². The number of carbonyl (C=O) groups excluding carboxylic acids is 1. The van der Waals surface area contributed by atoms with Crippen molar-refractivity contribution < 1.29 is 9.53 Å². The highest BCUT2D eigenvalue weighted by Gasteiger charge is 2.44. The molecule has 3 fully saturated rings. The highest BCUT2D eigenvalue weighted by Crippen LogP contribution is 2.37. The fourth-order valence-electron chi connectivity index (χ4n) is 4.23. The van der Waals surface area contributed by atoms with Crippen LogP contribution >= 0.6 is 0 Å². The molecule has 2 saturated heterocycles. The SMILES string of the molecule is Cc1ccccc1C(=O)N1CCC2(CC1)COCCN2CC1CC1. The summed E-state index contributed by atoms with van der Waals surface area (Å²) in [5, 5.41) is 0. The summed E-state index contributed by atoms with van der Waals surface area (Å²) in [7, 11) is 0. The maximum Gasteiger partial charge on any atom is 0.254 e. The van der Waals surface area contributed by atoms with Gasteiger partial charge in [-0.15, -0.1) is 0 Å². The van der Waals surface area contributed by atoms with Gasteiger partial charge < -0.3 is 9.64 Å². The Kier molecular flexibility index (Phi) is 4.35. The van der Waals surface area contributed by atoms with Crippen molar-refractivity contribution in [2.75, 3.05) is 39.4 Å². The molecular weight excluding hydrogens is 300 g/mol. The van der Waals surface area contributed by atoms with Crippen molar-refractivity contribution in [3.8, 4) is 0 Å². The zero-order valence-corrected chi connectivity index (χ0v) is 14.7. The Bertz CT molecular complexity index is 603. The lowest BCUT2D eigenvalue weighted by atomic mass is 9.84. The number of benzene rings is 1. The molecule has 4 rings (SSSR count). The van der Waals surface area contributed by atoms with Crippen LogP contribution in [0.2, 0.25) is 0 Å². The smallest absolute Gasteiger partial charge is 0.254 e. The van der Waals surface area contributed by atoms with Crippen LogP contribution in [-0.2, 0) is 4.74 Å². The number of hydrogen-bond acceptors (Lipinski definition) is 3. The molecule has 2 heterocycles. The Hall–Kier alpha value is -1.39. The van der Waals surface area contributed by atoms with Gasteiger partial charge in [0, 0.05) is 37.3 Å². The molecule has 4 nitrogen and oxygen atoms in total. The molecule has 1 aromatic rings. The van der Waals surface area contributed by atoms with Crippen molar-refractivity contribution in [3.05, 3.63) is 35.4 Å². The van der Waals surface area contributed by atoms with Gasteiger partial charge in [-0.3, -0.25) is 9.69 Å². The number of carbonyl (C=O) groups is 1. The molecule has 4 heteroatoms. The number of nitrogens with zero attached hydrogens (tertiary/aromatic N) is 2. The van der Waals surface area contributed by atoms with Crippen molar-refractivity contribution in [3.63, 3.8) is 0 Å². The first kappa shape index (κ1) is 16.1. The average molecular weight is 328 g/mol. The Morgan fingerprint density at radius 2 is 1.96 bits per heavy atom. The van der Waals surface area contributed by atoms with Gasteiger partial charge in [-0.05, 0) is 50.2 Å². The number of aryl methyl sites for hydroxylation is 1. The molecule has 0 radical (unpaired) electrons. The van der Waals surface area contributed by atoms with E-state index in [9.17, 15) is 4.79 Å². The number of hydrogen-bond donors (Lipinski definition) is 0. The molecule has 1 amide bonds. The molecule has 1 spiro atoms. The minimum Gasteiger partial charge on any atom is -0.378 e. The maximum absolute atomic E-state index is 12.8. The van der Waals surface area contributed by atoms with Crippen LogP contribution in [0.15, 0.2) is 24.3 Å². The number of amides is 1. The standard InChI is InChI=1S/C20H28N2O2/c1-16-4-2-3-5-18(16)19(23)21-10-8-20(9-11-21)15-24-13-12-22(20)14-17-6-7-17/h2-5,17H,6-15H2,1H3. The fourth-order valence-corrected chi connectivity index (χ4v) is 4.23. The molecule has 3 aliphatic rings. The van der Waals surface area contributed by atoms with Crippen molar-refractivity contribution in [2.45, 2.75) is 38.1 Å². The van der Waals surface area contributed by atoms with Crippen LogP contribution in [0.25, 0.3) is 0 Å². The number of rotatable bonds is 3. The lowest BCUT2D eigenvalue weighted by molar-refractivity contribution is -0.0932. The second-order valence-electron chi connectivity index (χ2n) is 7.77. The molecule has 0 unspecified atom stereocenters. The van der Waals surface area contributed by atoms with E-state index >= 15 is 0 Å². The van der Waals surface area contributed by atoms with Crippen LogP contribution in [0.1, 0.15) is 41.6 Å². The molecular formula is C20H28N2O2. The van der Waals surface area contributed by atoms with E-state index in [0.717, 1.165) is 62.7 Å². The molecule has 0 atom stereocenters. The summed E-state index contributed by atoms with van der Waals surface area (Å²) in [5.74, 6) is 1.10. The molecule has 1 saturated carbocycles. The quantitative estimate of drug-likeness (QED) is 0.855. The van der Waals surface area contributed by atoms with Crippen LogP contribution in [0.3, 0.4) is 0 Å². The third kappa shape index (κ3) is 3.09. The van der Waals surface area contributed by atoms with Gasteiger partial charge in [0.2, 0.25) is 0 Å². The van der Waals surface area contributed by atoms with E-state index in [1.165, 1.54) is 19.4 Å². The molecule has 1 aromatic carbocycles. The predicted molar refractivity (Wildman–Crippen MR) is 94.2 cm³/mol. The summed E-state index contributed by atoms with van der Waals surface area (Å²) in [6, 6.07) is 7.92. The summed E-state index contributed by atoms with van der Waals surface area (Å²) < 4.78 is 5.85. The maximum atomic E-state index is 12.8. The van der Waals surface area contributed by atoms with Crippen LogP contribution in [0, 0.1) is 12.8 Å². The predicted octanol–water partition coefficient (Wildman–Crippen LogP) is 2.71. The van der Waals surface area contributed by atoms with Gasteiger partial charge in [0.1, 0.15) is 0 Å². The van der Waals surface area contributed by atoms with Gasteiger partial charge in [0.25, 0.3) is 5.91 Å². The monoisotopic (exact) mass is 328 g/mol. The number of morpholine rings is 1. The normalized spacial score (nSPS) is 24.3. The van der Waals surface area contributed by atoms with Crippen LogP contribution in [0.5, 0.6) is 0 Å². The number of piperidine rings is 1. The third-order valence-electron chi connectivity index (χ3n) is 6.08. The zero-order chi connectivity index (χ0) is 16.6. The number of ether oxygens (including phenoxy) is 1. The van der Waals surface area contributed by atoms with Crippen molar-refractivity contribution in [1.82, 2.24) is 9.80 Å². The second kappa shape index (κ2) is 6.49. The van der Waals surface area contributed by atoms with Crippen molar-refractivity contribution in [2.24, 2.45) is 5.92 Å². The van der Waals surface area contributed by atoms with Crippen molar-refractivity contribution in [1.29, 1.82) is 0 Å². The van der Waals surface area contributed by atoms with E-state index in [-0.39, 0.29) is 11.4 Å². The summed E-state index contributed by atoms with van der Waals surface area (Å²) in [4.78, 5) is 17.6. The van der Waals surface area contributed by atoms with Crippen LogP contribution < -0.4 is 0 Å². The van der Waals surface area contributed by atoms with Gasteiger partial charge in [-0.2, -0.15) is 0 Å². The van der Waals surface area contributed by atoms with Crippen LogP contribution in [0.4, 0.5) is 0 Å². The third-order valence-corrected chi connectivity index (χ3v) is 6.08. The molecule has 1 aliphatic carbocycles. The number of likely N-dealkylation sites (tertiary alicyclic amines) is 1. The topological polar surface area (TPSA) is 32.8 Å². The van der Waals surface area contributed by atoms with E-state index in [1.54, 1.807) is 0 Å². The van der Waals surface area contributed by atoms with Gasteiger partial charge >= 0.3 is 0 Å². The molecule has 0 bridgehead atoms. The van der Waals surface area contributed by atoms with Crippen LogP contribution in [-0.4, -0.2) is 60.6 Å². The largest absolute Gasteiger partial charge is 0.378 e. The Morgan fingerprint density at radius 1 is 1.21 bits per heavy atom. The Labute approximate surface area is 144 Å².